The van der Waals surface area contributed by atoms with Crippen LogP contribution in [0.1, 0.15) is 0 Å². The van der Waals surface area contributed by atoms with E-state index in [1.165, 1.54) is 0 Å². The number of hydrogen-bond acceptors (Lipinski definition) is 4. The van der Waals surface area contributed by atoms with Crippen molar-refractivity contribution in [3.63, 3.8) is 0 Å². The van der Waals surface area contributed by atoms with Crippen molar-refractivity contribution in [2.45, 2.75) is 24.1 Å². The number of alkyl halides is 8. The molecule has 0 aliphatic carbocycles. The second kappa shape index (κ2) is 5.10. The Kier molecular flexibility index (Phi) is 4.71. The molecule has 0 aliphatic rings. The van der Waals surface area contributed by atoms with Gasteiger partial charge >= 0.3 is 36.1 Å². The minimum absolute atomic E-state index is 0.152. The van der Waals surface area contributed by atoms with Crippen LogP contribution in [0.5, 0.6) is 0 Å². The molecule has 0 bridgehead atoms. The summed E-state index contributed by atoms with van der Waals surface area (Å²) in [7, 11) is 0.152. The van der Waals surface area contributed by atoms with E-state index in [1.54, 1.807) is 0 Å². The molecule has 0 aromatic carbocycles. The zero-order valence-electron chi connectivity index (χ0n) is 9.03. The van der Waals surface area contributed by atoms with Crippen LogP contribution in [0.15, 0.2) is 0 Å². The molecular formula is C7H3F9O4. The van der Waals surface area contributed by atoms with Gasteiger partial charge < -0.3 is 4.74 Å². The molecule has 0 rings (SSSR count). The summed E-state index contributed by atoms with van der Waals surface area (Å²) in [5.41, 5.74) is 0. The van der Waals surface area contributed by atoms with E-state index in [4.69, 9.17) is 0 Å². The molecule has 0 amide bonds. The third-order valence-corrected chi connectivity index (χ3v) is 1.69. The molecule has 0 aliphatic heterocycles. The molecule has 0 radical (unpaired) electrons. The highest BCUT2D eigenvalue weighted by atomic mass is 19.4. The maximum Gasteiger partial charge on any atom is 0.459 e. The summed E-state index contributed by atoms with van der Waals surface area (Å²) in [6.45, 7) is 0. The number of carbonyl (C=O) groups is 2. The van der Waals surface area contributed by atoms with E-state index >= 15 is 0 Å². The smallest absolute Gasteiger partial charge is 0.459 e. The molecule has 0 saturated carbocycles. The summed E-state index contributed by atoms with van der Waals surface area (Å²) in [5.74, 6) is -15.6. The second-order valence-electron chi connectivity index (χ2n) is 3.05. The average Bonchev–Trinajstić information content (AvgIpc) is 2.24. The van der Waals surface area contributed by atoms with Crippen LogP contribution in [0.3, 0.4) is 0 Å². The number of ether oxygens (including phenoxy) is 2. The van der Waals surface area contributed by atoms with Crippen LogP contribution < -0.4 is 0 Å². The first-order valence-corrected chi connectivity index (χ1v) is 4.13. The van der Waals surface area contributed by atoms with Crippen molar-refractivity contribution in [2.75, 3.05) is 7.11 Å². The summed E-state index contributed by atoms with van der Waals surface area (Å²) >= 11 is 0. The maximum absolute atomic E-state index is 12.8. The Morgan fingerprint density at radius 1 is 0.900 bits per heavy atom. The molecule has 0 fully saturated rings. The molecule has 0 N–H and O–H groups in total. The number of esters is 1. The van der Waals surface area contributed by atoms with Crippen molar-refractivity contribution in [3.8, 4) is 0 Å². The summed E-state index contributed by atoms with van der Waals surface area (Å²) in [6, 6.07) is -4.16. The van der Waals surface area contributed by atoms with Gasteiger partial charge in [-0.15, -0.1) is 0 Å². The fourth-order valence-corrected chi connectivity index (χ4v) is 0.697. The molecule has 0 aromatic rings. The Morgan fingerprint density at radius 2 is 1.30 bits per heavy atom. The quantitative estimate of drug-likeness (QED) is 0.442. The van der Waals surface area contributed by atoms with Gasteiger partial charge in [0.2, 0.25) is 0 Å². The van der Waals surface area contributed by atoms with Crippen LogP contribution in [0, 0.1) is 0 Å². The fraction of sp³-hybridized carbons (Fsp3) is 0.714. The van der Waals surface area contributed by atoms with Gasteiger partial charge in [-0.2, -0.15) is 39.5 Å². The molecule has 13 heteroatoms. The van der Waals surface area contributed by atoms with E-state index in [2.05, 4.69) is 4.74 Å². The molecule has 4 nitrogen and oxygen atoms in total. The lowest BCUT2D eigenvalue weighted by molar-refractivity contribution is -0.431. The van der Waals surface area contributed by atoms with Crippen molar-refractivity contribution in [3.05, 3.63) is 0 Å². The molecule has 0 heterocycles. The Morgan fingerprint density at radius 3 is 1.55 bits per heavy atom. The second-order valence-corrected chi connectivity index (χ2v) is 3.05. The summed E-state index contributed by atoms with van der Waals surface area (Å²) in [5, 5.41) is 0. The minimum Gasteiger partial charge on any atom is -0.464 e. The first-order valence-electron chi connectivity index (χ1n) is 4.13. The normalized spacial score (nSPS) is 16.5. The minimum atomic E-state index is -6.74. The van der Waals surface area contributed by atoms with Crippen LogP contribution >= 0.6 is 0 Å². The highest BCUT2D eigenvalue weighted by molar-refractivity contribution is 5.79. The first kappa shape index (κ1) is 18.5. The highest BCUT2D eigenvalue weighted by Gasteiger charge is 2.75. The molecule has 0 spiro atoms. The molecule has 118 valence electrons. The van der Waals surface area contributed by atoms with Gasteiger partial charge in [0.25, 0.3) is 0 Å². The average molecular weight is 322 g/mol. The van der Waals surface area contributed by atoms with Gasteiger partial charge in [0.1, 0.15) is 0 Å². The van der Waals surface area contributed by atoms with Gasteiger partial charge in [0, 0.05) is 0 Å². The SMILES string of the molecule is COC(=O)C(F)(F)C(F)(F)OC(F)(C(=O)F)C(F)(F)F. The van der Waals surface area contributed by atoms with Crippen molar-refractivity contribution in [1.29, 1.82) is 0 Å². The molecule has 0 saturated heterocycles. The van der Waals surface area contributed by atoms with E-state index < -0.39 is 36.1 Å². The monoisotopic (exact) mass is 322 g/mol. The van der Waals surface area contributed by atoms with Crippen molar-refractivity contribution >= 4 is 12.0 Å². The maximum atomic E-state index is 12.8. The molecule has 1 unspecified atom stereocenters. The lowest BCUT2D eigenvalue weighted by Crippen LogP contribution is -2.59. The zero-order chi connectivity index (χ0) is 16.6. The summed E-state index contributed by atoms with van der Waals surface area (Å²) in [4.78, 5) is 20.0. The molecule has 20 heavy (non-hydrogen) atoms. The zero-order valence-corrected chi connectivity index (χ0v) is 9.03. The van der Waals surface area contributed by atoms with Gasteiger partial charge in [-0.3, -0.25) is 9.53 Å². The van der Waals surface area contributed by atoms with E-state index in [1.807, 2.05) is 4.74 Å². The van der Waals surface area contributed by atoms with Crippen molar-refractivity contribution in [2.24, 2.45) is 0 Å². The lowest BCUT2D eigenvalue weighted by Gasteiger charge is -2.30. The van der Waals surface area contributed by atoms with Crippen LogP contribution in [0.25, 0.3) is 0 Å². The largest absolute Gasteiger partial charge is 0.464 e. The first-order chi connectivity index (χ1) is 8.63. The van der Waals surface area contributed by atoms with E-state index in [0.29, 0.717) is 0 Å². The molecule has 0 aromatic heterocycles. The fourth-order valence-electron chi connectivity index (χ4n) is 0.697. The number of halogens is 9. The van der Waals surface area contributed by atoms with Crippen LogP contribution in [0.4, 0.5) is 39.5 Å². The number of methoxy groups -OCH3 is 1. The van der Waals surface area contributed by atoms with Crippen LogP contribution in [-0.2, 0) is 19.1 Å². The molecule has 1 atom stereocenters. The molecular weight excluding hydrogens is 319 g/mol. The van der Waals surface area contributed by atoms with Crippen LogP contribution in [-0.4, -0.2) is 43.2 Å². The topological polar surface area (TPSA) is 52.6 Å². The Hall–Kier alpha value is -1.53. The van der Waals surface area contributed by atoms with Gasteiger partial charge in [0.15, 0.2) is 0 Å². The number of hydrogen-bond donors (Lipinski definition) is 0. The number of rotatable bonds is 5. The van der Waals surface area contributed by atoms with E-state index in [0.717, 1.165) is 0 Å². The van der Waals surface area contributed by atoms with E-state index in [-0.39, 0.29) is 7.11 Å². The summed E-state index contributed by atoms with van der Waals surface area (Å²) < 4.78 is 116. The Balaban J connectivity index is 5.66. The summed E-state index contributed by atoms with van der Waals surface area (Å²) in [6.07, 6.45) is -13.3. The number of carbonyl (C=O) groups excluding carboxylic acids is 2. The third kappa shape index (κ3) is 2.96. The predicted molar refractivity (Wildman–Crippen MR) is 39.0 cm³/mol. The van der Waals surface area contributed by atoms with Crippen molar-refractivity contribution < 1.29 is 58.6 Å². The van der Waals surface area contributed by atoms with Gasteiger partial charge in [0.05, 0.1) is 7.11 Å². The van der Waals surface area contributed by atoms with Gasteiger partial charge in [-0.25, -0.2) is 4.79 Å². The Bertz CT molecular complexity index is 404. The van der Waals surface area contributed by atoms with Crippen LogP contribution in [0.2, 0.25) is 0 Å². The third-order valence-electron chi connectivity index (χ3n) is 1.69. The Labute approximate surface area is 103 Å². The van der Waals surface area contributed by atoms with Gasteiger partial charge in [-0.05, 0) is 0 Å². The van der Waals surface area contributed by atoms with Gasteiger partial charge in [-0.1, -0.05) is 0 Å². The highest BCUT2D eigenvalue weighted by Crippen LogP contribution is 2.45. The lowest BCUT2D eigenvalue weighted by atomic mass is 10.2. The standard InChI is InChI=1S/C7H3F9O4/c1-19-3(18)4(9,10)7(15,16)20-5(11,2(8)17)6(12,13)14/h1H3. The van der Waals surface area contributed by atoms with Crippen molar-refractivity contribution in [1.82, 2.24) is 0 Å². The van der Waals surface area contributed by atoms with E-state index in [9.17, 15) is 49.1 Å². The predicted octanol–water partition coefficient (Wildman–Crippen LogP) is 2.13.